The Morgan fingerprint density at radius 1 is 1.33 bits per heavy atom. The number of carboxylic acid groups (broad SMARTS) is 1. The van der Waals surface area contributed by atoms with E-state index in [0.29, 0.717) is 14.4 Å². The average Bonchev–Trinajstić information content (AvgIpc) is 2.48. The van der Waals surface area contributed by atoms with Crippen molar-refractivity contribution < 1.29 is 19.4 Å². The second kappa shape index (κ2) is 6.68. The molecule has 0 fully saturated rings. The Labute approximate surface area is 132 Å². The average molecular weight is 369 g/mol. The fourth-order valence-electron chi connectivity index (χ4n) is 1.44. The number of carboxylic acids is 1. The molecule has 0 amide bonds. The molecular formula is C13H9BrN2O4S. The third-order valence-electron chi connectivity index (χ3n) is 2.39. The van der Waals surface area contributed by atoms with E-state index in [4.69, 9.17) is 5.11 Å². The van der Waals surface area contributed by atoms with Crippen molar-refractivity contribution in [2.45, 2.75) is 9.92 Å². The molecule has 1 aromatic heterocycles. The van der Waals surface area contributed by atoms with E-state index < -0.39 is 11.9 Å². The van der Waals surface area contributed by atoms with E-state index in [-0.39, 0.29) is 11.4 Å². The van der Waals surface area contributed by atoms with Crippen LogP contribution in [-0.2, 0) is 4.74 Å². The fourth-order valence-corrected chi connectivity index (χ4v) is 2.67. The van der Waals surface area contributed by atoms with Crippen molar-refractivity contribution in [2.75, 3.05) is 7.11 Å². The Kier molecular flexibility index (Phi) is 4.92. The molecule has 0 bridgehead atoms. The number of halogens is 1. The molecule has 2 aromatic rings. The first-order chi connectivity index (χ1) is 10.0. The van der Waals surface area contributed by atoms with Gasteiger partial charge in [-0.15, -0.1) is 0 Å². The second-order valence-electron chi connectivity index (χ2n) is 3.76. The number of nitrogens with zero attached hydrogens (tertiary/aromatic N) is 2. The van der Waals surface area contributed by atoms with E-state index in [2.05, 4.69) is 30.6 Å². The number of esters is 1. The predicted octanol–water partition coefficient (Wildman–Crippen LogP) is 2.88. The van der Waals surface area contributed by atoms with Gasteiger partial charge in [0.05, 0.1) is 12.7 Å². The Morgan fingerprint density at radius 3 is 2.76 bits per heavy atom. The molecule has 108 valence electrons. The summed E-state index contributed by atoms with van der Waals surface area (Å²) in [5, 5.41) is 9.60. The second-order valence-corrected chi connectivity index (χ2v) is 5.71. The van der Waals surface area contributed by atoms with E-state index >= 15 is 0 Å². The summed E-state index contributed by atoms with van der Waals surface area (Å²) >= 11 is 4.41. The molecule has 0 radical (unpaired) electrons. The van der Waals surface area contributed by atoms with Crippen LogP contribution in [0.25, 0.3) is 0 Å². The fraction of sp³-hybridized carbons (Fsp3) is 0.0769. The lowest BCUT2D eigenvalue weighted by Crippen LogP contribution is -2.07. The number of carbonyl (C=O) groups excluding carboxylic acids is 1. The minimum atomic E-state index is -1.03. The maximum atomic E-state index is 11.4. The van der Waals surface area contributed by atoms with Crippen molar-refractivity contribution in [1.82, 2.24) is 9.97 Å². The summed E-state index contributed by atoms with van der Waals surface area (Å²) in [7, 11) is 1.25. The normalized spacial score (nSPS) is 10.2. The molecule has 2 rings (SSSR count). The lowest BCUT2D eigenvalue weighted by atomic mass is 10.2. The highest BCUT2D eigenvalue weighted by atomic mass is 79.9. The van der Waals surface area contributed by atoms with Crippen LogP contribution in [0, 0.1) is 0 Å². The van der Waals surface area contributed by atoms with Gasteiger partial charge >= 0.3 is 11.9 Å². The zero-order chi connectivity index (χ0) is 15.4. The van der Waals surface area contributed by atoms with Crippen LogP contribution in [0.4, 0.5) is 0 Å². The van der Waals surface area contributed by atoms with Crippen molar-refractivity contribution in [1.29, 1.82) is 0 Å². The van der Waals surface area contributed by atoms with Gasteiger partial charge in [0.2, 0.25) is 5.82 Å². The summed E-state index contributed by atoms with van der Waals surface area (Å²) in [4.78, 5) is 31.0. The van der Waals surface area contributed by atoms with Crippen LogP contribution in [0.15, 0.2) is 44.9 Å². The quantitative estimate of drug-likeness (QED) is 0.655. The molecule has 0 unspecified atom stereocenters. The standard InChI is InChI=1S/C13H9BrN2O4S/c1-20-13(19)11-15-5-4-10(16-11)21-7-2-3-9(14)8(6-7)12(17)18/h2-6H,1H3,(H,17,18). The van der Waals surface area contributed by atoms with Gasteiger partial charge in [0.25, 0.3) is 0 Å². The number of methoxy groups -OCH3 is 1. The van der Waals surface area contributed by atoms with Gasteiger partial charge in [0.1, 0.15) is 5.03 Å². The lowest BCUT2D eigenvalue weighted by molar-refractivity contribution is 0.0585. The molecule has 0 aliphatic heterocycles. The minimum Gasteiger partial charge on any atom is -0.478 e. The molecule has 21 heavy (non-hydrogen) atoms. The van der Waals surface area contributed by atoms with Crippen molar-refractivity contribution in [3.8, 4) is 0 Å². The summed E-state index contributed by atoms with van der Waals surface area (Å²) < 4.78 is 5.05. The molecule has 6 nitrogen and oxygen atoms in total. The summed E-state index contributed by atoms with van der Waals surface area (Å²) in [6, 6.07) is 6.55. The van der Waals surface area contributed by atoms with Crippen molar-refractivity contribution in [3.05, 3.63) is 46.3 Å². The Hall–Kier alpha value is -1.93. The summed E-state index contributed by atoms with van der Waals surface area (Å²) in [5.41, 5.74) is 0.155. The van der Waals surface area contributed by atoms with Crippen molar-refractivity contribution in [2.24, 2.45) is 0 Å². The Morgan fingerprint density at radius 2 is 2.10 bits per heavy atom. The third-order valence-corrected chi connectivity index (χ3v) is 4.01. The maximum Gasteiger partial charge on any atom is 0.376 e. The van der Waals surface area contributed by atoms with Gasteiger partial charge in [0, 0.05) is 15.6 Å². The van der Waals surface area contributed by atoms with E-state index in [1.54, 1.807) is 18.2 Å². The van der Waals surface area contributed by atoms with Crippen LogP contribution in [0.1, 0.15) is 21.0 Å². The molecule has 0 spiro atoms. The third kappa shape index (κ3) is 3.79. The highest BCUT2D eigenvalue weighted by molar-refractivity contribution is 9.10. The largest absolute Gasteiger partial charge is 0.478 e. The first-order valence-corrected chi connectivity index (χ1v) is 7.24. The zero-order valence-corrected chi connectivity index (χ0v) is 13.1. The summed E-state index contributed by atoms with van der Waals surface area (Å²) in [5.74, 6) is -1.69. The summed E-state index contributed by atoms with van der Waals surface area (Å²) in [6.45, 7) is 0. The van der Waals surface area contributed by atoms with Crippen molar-refractivity contribution >= 4 is 39.6 Å². The molecule has 1 heterocycles. The smallest absolute Gasteiger partial charge is 0.376 e. The van der Waals surface area contributed by atoms with E-state index in [1.165, 1.54) is 31.1 Å². The highest BCUT2D eigenvalue weighted by Crippen LogP contribution is 2.29. The van der Waals surface area contributed by atoms with E-state index in [9.17, 15) is 9.59 Å². The van der Waals surface area contributed by atoms with Crippen LogP contribution < -0.4 is 0 Å². The number of carbonyl (C=O) groups is 2. The maximum absolute atomic E-state index is 11.4. The molecule has 8 heteroatoms. The number of hydrogen-bond acceptors (Lipinski definition) is 6. The first kappa shape index (κ1) is 15.5. The Balaban J connectivity index is 2.28. The SMILES string of the molecule is COC(=O)c1nccc(Sc2ccc(Br)c(C(=O)O)c2)n1. The van der Waals surface area contributed by atoms with Gasteiger partial charge < -0.3 is 9.84 Å². The molecule has 0 aliphatic carbocycles. The van der Waals surface area contributed by atoms with E-state index in [1.807, 2.05) is 0 Å². The minimum absolute atomic E-state index is 0.0435. The lowest BCUT2D eigenvalue weighted by Gasteiger charge is -2.05. The number of ether oxygens (including phenoxy) is 1. The predicted molar refractivity (Wildman–Crippen MR) is 78.6 cm³/mol. The molecule has 0 saturated carbocycles. The van der Waals surface area contributed by atoms with Gasteiger partial charge in [-0.25, -0.2) is 19.6 Å². The monoisotopic (exact) mass is 368 g/mol. The molecular weight excluding hydrogens is 360 g/mol. The highest BCUT2D eigenvalue weighted by Gasteiger charge is 2.12. The van der Waals surface area contributed by atoms with E-state index in [0.717, 1.165) is 0 Å². The molecule has 1 aromatic carbocycles. The van der Waals surface area contributed by atoms with Crippen LogP contribution >= 0.6 is 27.7 Å². The topological polar surface area (TPSA) is 89.4 Å². The van der Waals surface area contributed by atoms with Crippen LogP contribution in [-0.4, -0.2) is 34.1 Å². The van der Waals surface area contributed by atoms with Gasteiger partial charge in [0.15, 0.2) is 0 Å². The van der Waals surface area contributed by atoms with Gasteiger partial charge in [-0.05, 0) is 40.2 Å². The van der Waals surface area contributed by atoms with Gasteiger partial charge in [-0.1, -0.05) is 11.8 Å². The number of aromatic nitrogens is 2. The van der Waals surface area contributed by atoms with Gasteiger partial charge in [-0.2, -0.15) is 0 Å². The zero-order valence-electron chi connectivity index (χ0n) is 10.7. The van der Waals surface area contributed by atoms with Gasteiger partial charge in [-0.3, -0.25) is 0 Å². The van der Waals surface area contributed by atoms with Crippen molar-refractivity contribution in [3.63, 3.8) is 0 Å². The summed E-state index contributed by atoms with van der Waals surface area (Å²) in [6.07, 6.45) is 1.44. The molecule has 1 N–H and O–H groups in total. The first-order valence-electron chi connectivity index (χ1n) is 5.63. The Bertz CT molecular complexity index is 708. The molecule has 0 saturated heterocycles. The molecule has 0 atom stereocenters. The number of hydrogen-bond donors (Lipinski definition) is 1. The van der Waals surface area contributed by atoms with Crippen LogP contribution in [0.2, 0.25) is 0 Å². The number of rotatable bonds is 4. The molecule has 0 aliphatic rings. The van der Waals surface area contributed by atoms with Crippen LogP contribution in [0.5, 0.6) is 0 Å². The number of aromatic carboxylic acids is 1. The number of benzene rings is 1. The van der Waals surface area contributed by atoms with Crippen LogP contribution in [0.3, 0.4) is 0 Å².